The second-order valence-corrected chi connectivity index (χ2v) is 6.90. The maximum absolute atomic E-state index is 10.9. The Morgan fingerprint density at radius 2 is 2.05 bits per heavy atom. The average molecular weight is 304 g/mol. The minimum absolute atomic E-state index is 0.0508. The Kier molecular flexibility index (Phi) is 3.93. The van der Waals surface area contributed by atoms with Crippen LogP contribution in [0.4, 0.5) is 0 Å². The number of thioether (sulfide) groups is 1. The highest BCUT2D eigenvalue weighted by atomic mass is 32.2. The van der Waals surface area contributed by atoms with Gasteiger partial charge in [-0.25, -0.2) is 4.98 Å². The second kappa shape index (κ2) is 5.72. The van der Waals surface area contributed by atoms with Gasteiger partial charge >= 0.3 is 5.97 Å². The molecule has 2 aromatic rings. The highest BCUT2D eigenvalue weighted by Crippen LogP contribution is 2.40. The summed E-state index contributed by atoms with van der Waals surface area (Å²) in [5.74, 6) is -0.744. The van der Waals surface area contributed by atoms with Gasteiger partial charge in [0, 0.05) is 5.54 Å². The van der Waals surface area contributed by atoms with Crippen LogP contribution in [0, 0.1) is 0 Å². The van der Waals surface area contributed by atoms with Gasteiger partial charge in [-0.15, -0.1) is 0 Å². The Morgan fingerprint density at radius 3 is 2.76 bits per heavy atom. The third-order valence-electron chi connectivity index (χ3n) is 4.33. The summed E-state index contributed by atoms with van der Waals surface area (Å²) in [5, 5.41) is 9.79. The lowest BCUT2D eigenvalue weighted by atomic mass is 9.83. The quantitative estimate of drug-likeness (QED) is 0.871. The number of aromatic nitrogens is 2. The molecular weight excluding hydrogens is 284 g/mol. The lowest BCUT2D eigenvalue weighted by molar-refractivity contribution is -0.133. The SMILES string of the molecule is CC1(n2c(SCC(=O)O)nc3ccccc32)CCCCC1. The first-order valence-electron chi connectivity index (χ1n) is 7.43. The van der Waals surface area contributed by atoms with Crippen LogP contribution in [0.1, 0.15) is 39.0 Å². The number of carboxylic acid groups (broad SMARTS) is 1. The van der Waals surface area contributed by atoms with Gasteiger partial charge in [-0.3, -0.25) is 4.79 Å². The molecule has 0 radical (unpaired) electrons. The summed E-state index contributed by atoms with van der Waals surface area (Å²) in [5.41, 5.74) is 2.13. The Hall–Kier alpha value is -1.49. The predicted molar refractivity (Wildman–Crippen MR) is 84.8 cm³/mol. The van der Waals surface area contributed by atoms with E-state index in [4.69, 9.17) is 5.11 Å². The van der Waals surface area contributed by atoms with E-state index in [0.29, 0.717) is 0 Å². The molecule has 1 heterocycles. The number of aliphatic carboxylic acids is 1. The van der Waals surface area contributed by atoms with Crippen molar-refractivity contribution in [1.29, 1.82) is 0 Å². The molecule has 1 aromatic carbocycles. The van der Waals surface area contributed by atoms with Crippen molar-refractivity contribution < 1.29 is 9.90 Å². The van der Waals surface area contributed by atoms with Gasteiger partial charge in [0.05, 0.1) is 16.8 Å². The van der Waals surface area contributed by atoms with E-state index in [2.05, 4.69) is 22.5 Å². The molecule has 3 rings (SSSR count). The van der Waals surface area contributed by atoms with E-state index in [1.807, 2.05) is 18.2 Å². The maximum atomic E-state index is 10.9. The number of para-hydroxylation sites is 2. The smallest absolute Gasteiger partial charge is 0.313 e. The number of carbonyl (C=O) groups is 1. The highest BCUT2D eigenvalue weighted by Gasteiger charge is 2.32. The summed E-state index contributed by atoms with van der Waals surface area (Å²) >= 11 is 1.33. The number of imidazole rings is 1. The molecule has 0 unspecified atom stereocenters. The van der Waals surface area contributed by atoms with Crippen molar-refractivity contribution in [3.8, 4) is 0 Å². The summed E-state index contributed by atoms with van der Waals surface area (Å²) in [4.78, 5) is 15.6. The molecule has 0 saturated heterocycles. The Morgan fingerprint density at radius 1 is 1.33 bits per heavy atom. The molecule has 112 valence electrons. The fraction of sp³-hybridized carbons (Fsp3) is 0.500. The molecule has 1 aromatic heterocycles. The van der Waals surface area contributed by atoms with Crippen molar-refractivity contribution in [2.24, 2.45) is 0 Å². The summed E-state index contributed by atoms with van der Waals surface area (Å²) in [6.07, 6.45) is 6.01. The Bertz CT molecular complexity index is 659. The third kappa shape index (κ3) is 2.79. The number of hydrogen-bond donors (Lipinski definition) is 1. The van der Waals surface area contributed by atoms with Gasteiger partial charge in [0.2, 0.25) is 0 Å². The van der Waals surface area contributed by atoms with E-state index in [-0.39, 0.29) is 11.3 Å². The topological polar surface area (TPSA) is 55.1 Å². The van der Waals surface area contributed by atoms with Crippen LogP contribution in [0.5, 0.6) is 0 Å². The highest BCUT2D eigenvalue weighted by molar-refractivity contribution is 7.99. The van der Waals surface area contributed by atoms with Gasteiger partial charge in [-0.2, -0.15) is 0 Å². The number of hydrogen-bond acceptors (Lipinski definition) is 3. The van der Waals surface area contributed by atoms with Crippen molar-refractivity contribution in [2.75, 3.05) is 5.75 Å². The summed E-state index contributed by atoms with van der Waals surface area (Å²) < 4.78 is 2.29. The van der Waals surface area contributed by atoms with Crippen LogP contribution in [0.15, 0.2) is 29.4 Å². The Balaban J connectivity index is 2.08. The normalized spacial score (nSPS) is 18.0. The molecule has 1 N–H and O–H groups in total. The van der Waals surface area contributed by atoms with E-state index >= 15 is 0 Å². The molecule has 4 nitrogen and oxygen atoms in total. The van der Waals surface area contributed by atoms with Gasteiger partial charge in [0.1, 0.15) is 0 Å². The van der Waals surface area contributed by atoms with E-state index in [9.17, 15) is 4.79 Å². The maximum Gasteiger partial charge on any atom is 0.313 e. The third-order valence-corrected chi connectivity index (χ3v) is 5.25. The van der Waals surface area contributed by atoms with Gasteiger partial charge < -0.3 is 9.67 Å². The van der Waals surface area contributed by atoms with E-state index < -0.39 is 5.97 Å². The van der Waals surface area contributed by atoms with Crippen molar-refractivity contribution in [3.05, 3.63) is 24.3 Å². The number of nitrogens with zero attached hydrogens (tertiary/aromatic N) is 2. The van der Waals surface area contributed by atoms with E-state index in [0.717, 1.165) is 29.0 Å². The van der Waals surface area contributed by atoms with E-state index in [1.165, 1.54) is 31.0 Å². The van der Waals surface area contributed by atoms with Gasteiger partial charge in [0.25, 0.3) is 0 Å². The fourth-order valence-electron chi connectivity index (χ4n) is 3.29. The van der Waals surface area contributed by atoms with Crippen LogP contribution < -0.4 is 0 Å². The van der Waals surface area contributed by atoms with Crippen LogP contribution >= 0.6 is 11.8 Å². The summed E-state index contributed by atoms with van der Waals surface area (Å²) in [7, 11) is 0. The number of benzene rings is 1. The number of fused-ring (bicyclic) bond motifs is 1. The van der Waals surface area contributed by atoms with Crippen molar-refractivity contribution in [1.82, 2.24) is 9.55 Å². The van der Waals surface area contributed by atoms with Gasteiger partial charge in [-0.05, 0) is 31.9 Å². The van der Waals surface area contributed by atoms with Crippen LogP contribution in [0.25, 0.3) is 11.0 Å². The molecule has 0 amide bonds. The van der Waals surface area contributed by atoms with Crippen LogP contribution in [-0.4, -0.2) is 26.4 Å². The lowest BCUT2D eigenvalue weighted by Gasteiger charge is -2.36. The molecule has 1 fully saturated rings. The van der Waals surface area contributed by atoms with Crippen LogP contribution in [0.2, 0.25) is 0 Å². The average Bonchev–Trinajstić information content (AvgIpc) is 2.85. The minimum atomic E-state index is -0.799. The van der Waals surface area contributed by atoms with E-state index in [1.54, 1.807) is 0 Å². The zero-order valence-corrected chi connectivity index (χ0v) is 13.0. The van der Waals surface area contributed by atoms with Crippen molar-refractivity contribution in [2.45, 2.75) is 49.7 Å². The van der Waals surface area contributed by atoms with Gasteiger partial charge in [0.15, 0.2) is 5.16 Å². The summed E-state index contributed by atoms with van der Waals surface area (Å²) in [6.45, 7) is 2.28. The first-order valence-corrected chi connectivity index (χ1v) is 8.41. The molecule has 21 heavy (non-hydrogen) atoms. The summed E-state index contributed by atoms with van der Waals surface area (Å²) in [6, 6.07) is 8.10. The van der Waals surface area contributed by atoms with Crippen molar-refractivity contribution in [3.63, 3.8) is 0 Å². The zero-order valence-electron chi connectivity index (χ0n) is 12.2. The molecule has 1 aliphatic rings. The van der Waals surface area contributed by atoms with Crippen molar-refractivity contribution >= 4 is 28.8 Å². The standard InChI is InChI=1S/C16H20N2O2S/c1-16(9-5-2-6-10-16)18-13-8-4-3-7-12(13)17-15(18)21-11-14(19)20/h3-4,7-8H,2,5-6,9-11H2,1H3,(H,19,20). The molecule has 0 spiro atoms. The lowest BCUT2D eigenvalue weighted by Crippen LogP contribution is -2.33. The predicted octanol–water partition coefficient (Wildman–Crippen LogP) is 3.89. The first-order chi connectivity index (χ1) is 10.1. The van der Waals surface area contributed by atoms with Gasteiger partial charge in [-0.1, -0.05) is 43.2 Å². The van der Waals surface area contributed by atoms with Crippen LogP contribution in [0.3, 0.4) is 0 Å². The van der Waals surface area contributed by atoms with Crippen LogP contribution in [-0.2, 0) is 10.3 Å². The monoisotopic (exact) mass is 304 g/mol. The molecule has 0 bridgehead atoms. The molecule has 0 aliphatic heterocycles. The number of carboxylic acids is 1. The zero-order chi connectivity index (χ0) is 14.9. The largest absolute Gasteiger partial charge is 0.481 e. The number of rotatable bonds is 4. The molecule has 1 aliphatic carbocycles. The molecule has 1 saturated carbocycles. The second-order valence-electron chi connectivity index (χ2n) is 5.96. The molecule has 0 atom stereocenters. The fourth-order valence-corrected chi connectivity index (χ4v) is 4.15. The molecular formula is C16H20N2O2S. The Labute approximate surface area is 128 Å². The molecule has 5 heteroatoms. The first kappa shape index (κ1) is 14.4. The minimum Gasteiger partial charge on any atom is -0.481 e.